The van der Waals surface area contributed by atoms with E-state index in [0.717, 1.165) is 19.4 Å². The molecule has 5 nitrogen and oxygen atoms in total. The van der Waals surface area contributed by atoms with E-state index >= 15 is 0 Å². The Balaban J connectivity index is 2.29. The van der Waals surface area contributed by atoms with Crippen molar-refractivity contribution in [3.05, 3.63) is 0 Å². The number of carbonyl (C=O) groups excluding carboxylic acids is 1. The van der Waals surface area contributed by atoms with Crippen molar-refractivity contribution in [2.75, 3.05) is 13.1 Å². The third-order valence-corrected chi connectivity index (χ3v) is 4.30. The lowest BCUT2D eigenvalue weighted by molar-refractivity contribution is -0.137. The van der Waals surface area contributed by atoms with Gasteiger partial charge in [0.2, 0.25) is 5.91 Å². The molecule has 0 aromatic heterocycles. The first-order chi connectivity index (χ1) is 9.41. The molecule has 20 heavy (non-hydrogen) atoms. The SMILES string of the molecule is CC(C)C(CCNC(=O)C1NCCC1C)CCC(=O)O. The predicted molar refractivity (Wildman–Crippen MR) is 78.4 cm³/mol. The van der Waals surface area contributed by atoms with Crippen molar-refractivity contribution in [3.63, 3.8) is 0 Å². The van der Waals surface area contributed by atoms with E-state index in [1.165, 1.54) is 0 Å². The summed E-state index contributed by atoms with van der Waals surface area (Å²) in [6.45, 7) is 7.84. The van der Waals surface area contributed by atoms with Gasteiger partial charge in [0.05, 0.1) is 6.04 Å². The first-order valence-corrected chi connectivity index (χ1v) is 7.64. The molecule has 1 saturated heterocycles. The maximum Gasteiger partial charge on any atom is 0.303 e. The summed E-state index contributed by atoms with van der Waals surface area (Å²) in [7, 11) is 0. The smallest absolute Gasteiger partial charge is 0.303 e. The van der Waals surface area contributed by atoms with Gasteiger partial charge in [-0.15, -0.1) is 0 Å². The Morgan fingerprint density at radius 1 is 1.35 bits per heavy atom. The third kappa shape index (κ3) is 5.49. The molecule has 1 aliphatic rings. The second-order valence-electron chi connectivity index (χ2n) is 6.21. The number of hydrogen-bond acceptors (Lipinski definition) is 3. The summed E-state index contributed by atoms with van der Waals surface area (Å²) >= 11 is 0. The molecule has 0 radical (unpaired) electrons. The zero-order chi connectivity index (χ0) is 15.1. The topological polar surface area (TPSA) is 78.4 Å². The van der Waals surface area contributed by atoms with E-state index in [4.69, 9.17) is 5.11 Å². The lowest BCUT2D eigenvalue weighted by atomic mass is 9.88. The van der Waals surface area contributed by atoms with Gasteiger partial charge in [0.25, 0.3) is 0 Å². The highest BCUT2D eigenvalue weighted by Crippen LogP contribution is 2.20. The number of carbonyl (C=O) groups is 2. The average Bonchev–Trinajstić information content (AvgIpc) is 2.78. The minimum Gasteiger partial charge on any atom is -0.481 e. The largest absolute Gasteiger partial charge is 0.481 e. The molecular weight excluding hydrogens is 256 g/mol. The Hall–Kier alpha value is -1.10. The van der Waals surface area contributed by atoms with Gasteiger partial charge in [-0.3, -0.25) is 9.59 Å². The first kappa shape index (κ1) is 17.0. The van der Waals surface area contributed by atoms with Gasteiger partial charge in [-0.2, -0.15) is 0 Å². The zero-order valence-electron chi connectivity index (χ0n) is 12.8. The van der Waals surface area contributed by atoms with Crippen LogP contribution >= 0.6 is 0 Å². The van der Waals surface area contributed by atoms with Gasteiger partial charge < -0.3 is 15.7 Å². The maximum absolute atomic E-state index is 12.0. The van der Waals surface area contributed by atoms with Gasteiger partial charge in [0.15, 0.2) is 0 Å². The van der Waals surface area contributed by atoms with Crippen LogP contribution in [0.2, 0.25) is 0 Å². The van der Waals surface area contributed by atoms with E-state index in [-0.39, 0.29) is 18.4 Å². The van der Waals surface area contributed by atoms with Crippen LogP contribution in [0.25, 0.3) is 0 Å². The molecule has 0 aromatic carbocycles. The van der Waals surface area contributed by atoms with Crippen molar-refractivity contribution in [2.45, 2.75) is 52.5 Å². The molecule has 1 amide bonds. The standard InChI is InChI=1S/C15H28N2O3/c1-10(2)12(4-5-13(18)19)7-9-17-15(20)14-11(3)6-8-16-14/h10-12,14,16H,4-9H2,1-3H3,(H,17,20)(H,18,19). The van der Waals surface area contributed by atoms with Crippen LogP contribution < -0.4 is 10.6 Å². The van der Waals surface area contributed by atoms with Crippen molar-refractivity contribution < 1.29 is 14.7 Å². The normalized spacial score (nSPS) is 23.8. The van der Waals surface area contributed by atoms with E-state index in [2.05, 4.69) is 31.4 Å². The molecule has 3 unspecified atom stereocenters. The van der Waals surface area contributed by atoms with Gasteiger partial charge in [-0.25, -0.2) is 0 Å². The molecule has 0 spiro atoms. The molecule has 1 heterocycles. The molecule has 1 rings (SSSR count). The van der Waals surface area contributed by atoms with Crippen LogP contribution in [0.1, 0.15) is 46.5 Å². The quantitative estimate of drug-likeness (QED) is 0.633. The maximum atomic E-state index is 12.0. The summed E-state index contributed by atoms with van der Waals surface area (Å²) in [5.41, 5.74) is 0. The highest BCUT2D eigenvalue weighted by molar-refractivity contribution is 5.82. The van der Waals surface area contributed by atoms with Gasteiger partial charge >= 0.3 is 5.97 Å². The van der Waals surface area contributed by atoms with Gasteiger partial charge in [-0.1, -0.05) is 20.8 Å². The lowest BCUT2D eigenvalue weighted by Crippen LogP contribution is -2.43. The van der Waals surface area contributed by atoms with E-state index < -0.39 is 5.97 Å². The predicted octanol–water partition coefficient (Wildman–Crippen LogP) is 1.63. The fraction of sp³-hybridized carbons (Fsp3) is 0.867. The van der Waals surface area contributed by atoms with Crippen LogP contribution in [-0.4, -0.2) is 36.1 Å². The van der Waals surface area contributed by atoms with Crippen molar-refractivity contribution in [2.24, 2.45) is 17.8 Å². The second-order valence-corrected chi connectivity index (χ2v) is 6.21. The van der Waals surface area contributed by atoms with Crippen molar-refractivity contribution in [3.8, 4) is 0 Å². The van der Waals surface area contributed by atoms with Crippen molar-refractivity contribution in [1.29, 1.82) is 0 Å². The van der Waals surface area contributed by atoms with Crippen LogP contribution in [0.4, 0.5) is 0 Å². The molecule has 0 aromatic rings. The third-order valence-electron chi connectivity index (χ3n) is 4.30. The summed E-state index contributed by atoms with van der Waals surface area (Å²) in [5, 5.41) is 14.9. The highest BCUT2D eigenvalue weighted by atomic mass is 16.4. The monoisotopic (exact) mass is 284 g/mol. The number of carboxylic acids is 1. The number of carboxylic acid groups (broad SMARTS) is 1. The zero-order valence-corrected chi connectivity index (χ0v) is 12.8. The second kappa shape index (κ2) is 8.25. The Bertz CT molecular complexity index is 331. The van der Waals surface area contributed by atoms with Crippen LogP contribution in [-0.2, 0) is 9.59 Å². The van der Waals surface area contributed by atoms with Crippen LogP contribution in [0.5, 0.6) is 0 Å². The van der Waals surface area contributed by atoms with Gasteiger partial charge in [-0.05, 0) is 43.6 Å². The Morgan fingerprint density at radius 3 is 2.55 bits per heavy atom. The summed E-state index contributed by atoms with van der Waals surface area (Å²) < 4.78 is 0. The van der Waals surface area contributed by atoms with Crippen molar-refractivity contribution in [1.82, 2.24) is 10.6 Å². The number of rotatable bonds is 8. The summed E-state index contributed by atoms with van der Waals surface area (Å²) in [5.74, 6) is 0.512. The number of nitrogens with one attached hydrogen (secondary N) is 2. The molecule has 5 heteroatoms. The van der Waals surface area contributed by atoms with Crippen LogP contribution in [0.15, 0.2) is 0 Å². The molecule has 0 bridgehead atoms. The van der Waals surface area contributed by atoms with E-state index in [1.54, 1.807) is 0 Å². The van der Waals surface area contributed by atoms with Crippen LogP contribution in [0.3, 0.4) is 0 Å². The molecule has 3 N–H and O–H groups in total. The Morgan fingerprint density at radius 2 is 2.05 bits per heavy atom. The van der Waals surface area contributed by atoms with Crippen molar-refractivity contribution >= 4 is 11.9 Å². The minimum absolute atomic E-state index is 0.0634. The van der Waals surface area contributed by atoms with E-state index in [0.29, 0.717) is 30.7 Å². The fourth-order valence-corrected chi connectivity index (χ4v) is 2.80. The summed E-state index contributed by atoms with van der Waals surface area (Å²) in [6.07, 6.45) is 2.78. The summed E-state index contributed by atoms with van der Waals surface area (Å²) in [4.78, 5) is 22.6. The lowest BCUT2D eigenvalue weighted by Gasteiger charge is -2.21. The van der Waals surface area contributed by atoms with Gasteiger partial charge in [0.1, 0.15) is 0 Å². The molecule has 1 fully saturated rings. The Kier molecular flexibility index (Phi) is 6.99. The van der Waals surface area contributed by atoms with Crippen LogP contribution in [0, 0.1) is 17.8 Å². The molecule has 116 valence electrons. The molecule has 1 aliphatic heterocycles. The minimum atomic E-state index is -0.747. The first-order valence-electron chi connectivity index (χ1n) is 7.64. The molecule has 0 aliphatic carbocycles. The number of amides is 1. The average molecular weight is 284 g/mol. The Labute approximate surface area is 121 Å². The molecule has 0 saturated carbocycles. The number of hydrogen-bond donors (Lipinski definition) is 3. The molecule has 3 atom stereocenters. The highest BCUT2D eigenvalue weighted by Gasteiger charge is 2.29. The molecular formula is C15H28N2O3. The summed E-state index contributed by atoms with van der Waals surface area (Å²) in [6, 6.07) is -0.0634. The van der Waals surface area contributed by atoms with Gasteiger partial charge in [0, 0.05) is 13.0 Å². The van der Waals surface area contributed by atoms with E-state index in [1.807, 2.05) is 0 Å². The number of aliphatic carboxylic acids is 1. The fourth-order valence-electron chi connectivity index (χ4n) is 2.80. The van der Waals surface area contributed by atoms with E-state index in [9.17, 15) is 9.59 Å².